The molecule has 0 aliphatic heterocycles. The van der Waals surface area contributed by atoms with Gasteiger partial charge < -0.3 is 9.15 Å². The summed E-state index contributed by atoms with van der Waals surface area (Å²) in [5, 5.41) is 7.23. The number of fused-ring (bicyclic) bond motifs is 3. The Balaban J connectivity index is 1.62. The van der Waals surface area contributed by atoms with E-state index >= 15 is 0 Å². The SMILES string of the molecule is COc1ccc(Cn2cc3ccc4c(=O)oc(-c5ccccc5)c(-c5ccccc5)c4c3n2)cc1. The topological polar surface area (TPSA) is 57.3 Å². The Morgan fingerprint density at radius 2 is 1.51 bits per heavy atom. The molecular formula is C30H22N2O3. The summed E-state index contributed by atoms with van der Waals surface area (Å²) in [7, 11) is 1.66. The van der Waals surface area contributed by atoms with E-state index in [1.807, 2.05) is 108 Å². The fourth-order valence-corrected chi connectivity index (χ4v) is 4.54. The van der Waals surface area contributed by atoms with Crippen molar-refractivity contribution in [3.8, 4) is 28.2 Å². The van der Waals surface area contributed by atoms with Crippen LogP contribution < -0.4 is 10.4 Å². The molecule has 4 aromatic carbocycles. The molecule has 0 atom stereocenters. The molecule has 2 heterocycles. The Hall–Kier alpha value is -4.64. The predicted molar refractivity (Wildman–Crippen MR) is 139 cm³/mol. The second kappa shape index (κ2) is 8.61. The highest BCUT2D eigenvalue weighted by Crippen LogP contribution is 2.39. The molecule has 0 spiro atoms. The molecule has 0 fully saturated rings. The molecule has 0 aliphatic carbocycles. The van der Waals surface area contributed by atoms with E-state index in [9.17, 15) is 4.79 Å². The van der Waals surface area contributed by atoms with Gasteiger partial charge in [0.15, 0.2) is 0 Å². The van der Waals surface area contributed by atoms with Crippen LogP contribution in [0.5, 0.6) is 5.75 Å². The lowest BCUT2D eigenvalue weighted by Gasteiger charge is -2.12. The van der Waals surface area contributed by atoms with Crippen LogP contribution in [0.3, 0.4) is 0 Å². The van der Waals surface area contributed by atoms with E-state index in [-0.39, 0.29) is 5.63 Å². The van der Waals surface area contributed by atoms with Crippen LogP contribution in [0, 0.1) is 0 Å². The fraction of sp³-hybridized carbons (Fsp3) is 0.0667. The van der Waals surface area contributed by atoms with Gasteiger partial charge in [0.25, 0.3) is 0 Å². The monoisotopic (exact) mass is 458 g/mol. The van der Waals surface area contributed by atoms with Crippen molar-refractivity contribution in [3.05, 3.63) is 119 Å². The molecule has 0 radical (unpaired) electrons. The summed E-state index contributed by atoms with van der Waals surface area (Å²) < 4.78 is 13.1. The maximum Gasteiger partial charge on any atom is 0.344 e. The van der Waals surface area contributed by atoms with Crippen LogP contribution in [-0.2, 0) is 6.54 Å². The van der Waals surface area contributed by atoms with E-state index < -0.39 is 0 Å². The van der Waals surface area contributed by atoms with Crippen LogP contribution in [0.4, 0.5) is 0 Å². The number of rotatable bonds is 5. The van der Waals surface area contributed by atoms with E-state index in [4.69, 9.17) is 14.3 Å². The van der Waals surface area contributed by atoms with Crippen molar-refractivity contribution >= 4 is 21.7 Å². The van der Waals surface area contributed by atoms with Crippen LogP contribution in [0.1, 0.15) is 5.56 Å². The van der Waals surface area contributed by atoms with Crippen molar-refractivity contribution in [2.24, 2.45) is 0 Å². The minimum absolute atomic E-state index is 0.370. The zero-order valence-electron chi connectivity index (χ0n) is 19.1. The predicted octanol–water partition coefficient (Wildman–Crippen LogP) is 6.53. The van der Waals surface area contributed by atoms with Gasteiger partial charge in [-0.15, -0.1) is 0 Å². The molecule has 0 saturated carbocycles. The summed E-state index contributed by atoms with van der Waals surface area (Å²) in [6, 6.07) is 31.5. The van der Waals surface area contributed by atoms with E-state index in [2.05, 4.69) is 0 Å². The van der Waals surface area contributed by atoms with Gasteiger partial charge in [0.05, 0.1) is 19.0 Å². The molecule has 0 bridgehead atoms. The third-order valence-electron chi connectivity index (χ3n) is 6.22. The van der Waals surface area contributed by atoms with Gasteiger partial charge in [0.2, 0.25) is 0 Å². The van der Waals surface area contributed by atoms with Crippen molar-refractivity contribution in [2.45, 2.75) is 6.54 Å². The summed E-state index contributed by atoms with van der Waals surface area (Å²) in [4.78, 5) is 13.1. The molecular weight excluding hydrogens is 436 g/mol. The smallest absolute Gasteiger partial charge is 0.344 e. The number of benzene rings is 4. The highest BCUT2D eigenvalue weighted by molar-refractivity contribution is 6.14. The Morgan fingerprint density at radius 3 is 2.20 bits per heavy atom. The maximum atomic E-state index is 13.1. The first-order valence-corrected chi connectivity index (χ1v) is 11.4. The summed E-state index contributed by atoms with van der Waals surface area (Å²) in [5.74, 6) is 1.37. The summed E-state index contributed by atoms with van der Waals surface area (Å²) in [6.07, 6.45) is 2.02. The van der Waals surface area contributed by atoms with Crippen molar-refractivity contribution in [3.63, 3.8) is 0 Å². The Bertz CT molecular complexity index is 1700. The summed E-state index contributed by atoms with van der Waals surface area (Å²) in [5.41, 5.74) is 4.20. The average Bonchev–Trinajstić information content (AvgIpc) is 3.33. The molecule has 6 rings (SSSR count). The first kappa shape index (κ1) is 20.9. The van der Waals surface area contributed by atoms with Gasteiger partial charge in [-0.2, -0.15) is 5.10 Å². The van der Waals surface area contributed by atoms with Gasteiger partial charge in [0.1, 0.15) is 17.0 Å². The van der Waals surface area contributed by atoms with Gasteiger partial charge in [-0.1, -0.05) is 78.9 Å². The highest BCUT2D eigenvalue weighted by Gasteiger charge is 2.20. The van der Waals surface area contributed by atoms with Gasteiger partial charge >= 0.3 is 5.63 Å². The van der Waals surface area contributed by atoms with Crippen molar-refractivity contribution < 1.29 is 9.15 Å². The Kier molecular flexibility index (Phi) is 5.15. The Labute approximate surface area is 201 Å². The first-order valence-electron chi connectivity index (χ1n) is 11.4. The van der Waals surface area contributed by atoms with E-state index in [1.54, 1.807) is 7.11 Å². The summed E-state index contributed by atoms with van der Waals surface area (Å²) >= 11 is 0. The standard InChI is InChI=1S/C30H22N2O3/c1-34-24-15-12-20(13-16-24)18-32-19-23-14-17-25-27(28(23)31-32)26(21-8-4-2-5-9-21)29(35-30(25)33)22-10-6-3-7-11-22/h2-17,19H,18H2,1H3. The van der Waals surface area contributed by atoms with Crippen LogP contribution in [0.2, 0.25) is 0 Å². The highest BCUT2D eigenvalue weighted by atomic mass is 16.5. The third kappa shape index (κ3) is 3.77. The molecule has 6 aromatic rings. The largest absolute Gasteiger partial charge is 0.497 e. The Morgan fingerprint density at radius 1 is 0.829 bits per heavy atom. The zero-order valence-corrected chi connectivity index (χ0v) is 19.1. The second-order valence-corrected chi connectivity index (χ2v) is 8.43. The number of aromatic nitrogens is 2. The van der Waals surface area contributed by atoms with E-state index in [0.717, 1.165) is 44.3 Å². The summed E-state index contributed by atoms with van der Waals surface area (Å²) in [6.45, 7) is 0.605. The van der Waals surface area contributed by atoms with Gasteiger partial charge in [-0.05, 0) is 29.3 Å². The molecule has 0 aliphatic rings. The fourth-order valence-electron chi connectivity index (χ4n) is 4.54. The zero-order chi connectivity index (χ0) is 23.8. The lowest BCUT2D eigenvalue weighted by atomic mass is 9.94. The van der Waals surface area contributed by atoms with Crippen LogP contribution in [-0.4, -0.2) is 16.9 Å². The number of hydrogen-bond donors (Lipinski definition) is 0. The van der Waals surface area contributed by atoms with Gasteiger partial charge in [0, 0.05) is 28.1 Å². The van der Waals surface area contributed by atoms with Crippen LogP contribution in [0.25, 0.3) is 44.1 Å². The molecule has 5 heteroatoms. The van der Waals surface area contributed by atoms with Gasteiger partial charge in [-0.3, -0.25) is 4.68 Å². The lowest BCUT2D eigenvalue weighted by molar-refractivity contribution is 0.414. The van der Waals surface area contributed by atoms with Crippen molar-refractivity contribution in [2.75, 3.05) is 7.11 Å². The minimum Gasteiger partial charge on any atom is -0.497 e. The van der Waals surface area contributed by atoms with Gasteiger partial charge in [-0.25, -0.2) is 4.79 Å². The molecule has 0 N–H and O–H groups in total. The van der Waals surface area contributed by atoms with E-state index in [0.29, 0.717) is 17.7 Å². The van der Waals surface area contributed by atoms with E-state index in [1.165, 1.54) is 0 Å². The van der Waals surface area contributed by atoms with Crippen molar-refractivity contribution in [1.82, 2.24) is 9.78 Å². The van der Waals surface area contributed by atoms with Crippen molar-refractivity contribution in [1.29, 1.82) is 0 Å². The molecule has 35 heavy (non-hydrogen) atoms. The van der Waals surface area contributed by atoms with Crippen LogP contribution >= 0.6 is 0 Å². The average molecular weight is 459 g/mol. The third-order valence-corrected chi connectivity index (χ3v) is 6.22. The maximum absolute atomic E-state index is 13.1. The first-order chi connectivity index (χ1) is 17.2. The quantitative estimate of drug-likeness (QED) is 0.295. The number of ether oxygens (including phenoxy) is 1. The number of nitrogens with zero attached hydrogens (tertiary/aromatic N) is 2. The number of methoxy groups -OCH3 is 1. The minimum atomic E-state index is -0.370. The molecule has 0 unspecified atom stereocenters. The molecule has 0 amide bonds. The molecule has 0 saturated heterocycles. The van der Waals surface area contributed by atoms with Crippen LogP contribution in [0.15, 0.2) is 112 Å². The molecule has 5 nitrogen and oxygen atoms in total. The number of hydrogen-bond acceptors (Lipinski definition) is 4. The lowest BCUT2D eigenvalue weighted by Crippen LogP contribution is -2.04. The molecule has 2 aromatic heterocycles. The normalized spacial score (nSPS) is 11.2. The molecule has 170 valence electrons. The second-order valence-electron chi connectivity index (χ2n) is 8.43.